The smallest absolute Gasteiger partial charge is 0.133 e. The number of unbranched alkanes of at least 4 members (excludes halogenated alkanes) is 1. The number of benzene rings is 1. The Kier molecular flexibility index (Phi) is 6.97. The van der Waals surface area contributed by atoms with Gasteiger partial charge in [0.2, 0.25) is 0 Å². The lowest BCUT2D eigenvalue weighted by Crippen LogP contribution is -2.04. The Hall–Kier alpha value is -1.81. The van der Waals surface area contributed by atoms with Crippen LogP contribution in [0.2, 0.25) is 0 Å². The van der Waals surface area contributed by atoms with Gasteiger partial charge in [0.25, 0.3) is 0 Å². The molecule has 0 aliphatic rings. The summed E-state index contributed by atoms with van der Waals surface area (Å²) in [6, 6.07) is 10.1. The van der Waals surface area contributed by atoms with Crippen LogP contribution in [-0.2, 0) is 11.2 Å². The molecule has 0 saturated carbocycles. The number of hydrogen-bond acceptors (Lipinski definition) is 4. The number of rotatable bonds is 10. The minimum atomic E-state index is 0.696. The van der Waals surface area contributed by atoms with E-state index in [1.54, 1.807) is 0 Å². The lowest BCUT2D eigenvalue weighted by atomic mass is 10.2. The van der Waals surface area contributed by atoms with Gasteiger partial charge in [-0.2, -0.15) is 0 Å². The lowest BCUT2D eigenvalue weighted by Gasteiger charge is -2.07. The molecule has 4 nitrogen and oxygen atoms in total. The third-order valence-corrected chi connectivity index (χ3v) is 3.37. The highest BCUT2D eigenvalue weighted by atomic mass is 16.5. The van der Waals surface area contributed by atoms with Crippen LogP contribution in [0.25, 0.3) is 0 Å². The highest BCUT2D eigenvalue weighted by Crippen LogP contribution is 2.11. The molecular formula is C18H25NO3. The summed E-state index contributed by atoms with van der Waals surface area (Å²) in [6.07, 6.45) is 3.99. The summed E-state index contributed by atoms with van der Waals surface area (Å²) in [6.45, 7) is 6.22. The fraction of sp³-hybridized carbons (Fsp3) is 0.500. The van der Waals surface area contributed by atoms with Crippen molar-refractivity contribution in [2.24, 2.45) is 0 Å². The zero-order valence-electron chi connectivity index (χ0n) is 13.5. The Balaban J connectivity index is 1.42. The summed E-state index contributed by atoms with van der Waals surface area (Å²) >= 11 is 0. The molecular weight excluding hydrogens is 278 g/mol. The predicted molar refractivity (Wildman–Crippen MR) is 86.3 cm³/mol. The normalized spacial score (nSPS) is 10.8. The second-order valence-corrected chi connectivity index (χ2v) is 5.51. The molecule has 22 heavy (non-hydrogen) atoms. The molecule has 0 N–H and O–H groups in total. The van der Waals surface area contributed by atoms with E-state index < -0.39 is 0 Å². The third kappa shape index (κ3) is 6.31. The summed E-state index contributed by atoms with van der Waals surface area (Å²) in [7, 11) is 0. The molecule has 120 valence electrons. The van der Waals surface area contributed by atoms with Gasteiger partial charge in [0.05, 0.1) is 12.3 Å². The Morgan fingerprint density at radius 3 is 2.45 bits per heavy atom. The first-order chi connectivity index (χ1) is 10.7. The second kappa shape index (κ2) is 9.26. The van der Waals surface area contributed by atoms with Gasteiger partial charge >= 0.3 is 0 Å². The summed E-state index contributed by atoms with van der Waals surface area (Å²) in [5, 5.41) is 3.98. The molecule has 1 aromatic heterocycles. The average Bonchev–Trinajstić information content (AvgIpc) is 2.93. The summed E-state index contributed by atoms with van der Waals surface area (Å²) in [5.41, 5.74) is 2.28. The van der Waals surface area contributed by atoms with E-state index in [0.29, 0.717) is 6.61 Å². The van der Waals surface area contributed by atoms with Crippen LogP contribution in [-0.4, -0.2) is 25.0 Å². The van der Waals surface area contributed by atoms with Crippen molar-refractivity contribution in [3.63, 3.8) is 0 Å². The van der Waals surface area contributed by atoms with E-state index in [2.05, 4.69) is 24.2 Å². The van der Waals surface area contributed by atoms with Crippen molar-refractivity contribution in [2.75, 3.05) is 19.8 Å². The SMILES string of the molecule is Cc1ccc(OCCCOCCCCc2cc(C)on2)cc1. The topological polar surface area (TPSA) is 44.5 Å². The standard InChI is InChI=1S/C18H25NO3/c1-15-7-9-18(10-8-15)21-13-5-12-20-11-4-3-6-17-14-16(2)22-19-17/h7-10,14H,3-6,11-13H2,1-2H3. The minimum absolute atomic E-state index is 0.696. The number of ether oxygens (including phenoxy) is 2. The predicted octanol–water partition coefficient (Wildman–Crippen LogP) is 4.10. The number of nitrogens with zero attached hydrogens (tertiary/aromatic N) is 1. The van der Waals surface area contributed by atoms with Crippen LogP contribution < -0.4 is 4.74 Å². The van der Waals surface area contributed by atoms with E-state index in [1.807, 2.05) is 25.1 Å². The first kappa shape index (κ1) is 16.6. The highest BCUT2D eigenvalue weighted by Gasteiger charge is 2.00. The first-order valence-corrected chi connectivity index (χ1v) is 7.93. The van der Waals surface area contributed by atoms with Gasteiger partial charge in [-0.25, -0.2) is 0 Å². The van der Waals surface area contributed by atoms with E-state index in [4.69, 9.17) is 14.0 Å². The van der Waals surface area contributed by atoms with E-state index in [0.717, 1.165) is 56.1 Å². The summed E-state index contributed by atoms with van der Waals surface area (Å²) in [5.74, 6) is 1.80. The van der Waals surface area contributed by atoms with Crippen LogP contribution in [0, 0.1) is 13.8 Å². The summed E-state index contributed by atoms with van der Waals surface area (Å²) < 4.78 is 16.3. The molecule has 0 fully saturated rings. The molecule has 0 bridgehead atoms. The molecule has 0 aliphatic carbocycles. The molecule has 0 unspecified atom stereocenters. The minimum Gasteiger partial charge on any atom is -0.494 e. The highest BCUT2D eigenvalue weighted by molar-refractivity contribution is 5.26. The fourth-order valence-corrected chi connectivity index (χ4v) is 2.13. The largest absolute Gasteiger partial charge is 0.494 e. The average molecular weight is 303 g/mol. The third-order valence-electron chi connectivity index (χ3n) is 3.37. The Morgan fingerprint density at radius 2 is 1.73 bits per heavy atom. The zero-order valence-corrected chi connectivity index (χ0v) is 13.5. The molecule has 2 rings (SSSR count). The Bertz CT molecular complexity index is 534. The molecule has 0 saturated heterocycles. The molecule has 0 amide bonds. The van der Waals surface area contributed by atoms with Crippen molar-refractivity contribution in [3.8, 4) is 5.75 Å². The lowest BCUT2D eigenvalue weighted by molar-refractivity contribution is 0.116. The fourth-order valence-electron chi connectivity index (χ4n) is 2.13. The molecule has 0 radical (unpaired) electrons. The van der Waals surface area contributed by atoms with Gasteiger partial charge in [-0.15, -0.1) is 0 Å². The molecule has 0 atom stereocenters. The molecule has 1 aromatic carbocycles. The van der Waals surface area contributed by atoms with E-state index in [9.17, 15) is 0 Å². The maximum atomic E-state index is 5.65. The Labute approximate surface area is 132 Å². The quantitative estimate of drug-likeness (QED) is 0.620. The van der Waals surface area contributed by atoms with Crippen LogP contribution in [0.3, 0.4) is 0 Å². The van der Waals surface area contributed by atoms with Gasteiger partial charge < -0.3 is 14.0 Å². The van der Waals surface area contributed by atoms with Crippen molar-refractivity contribution in [1.29, 1.82) is 0 Å². The van der Waals surface area contributed by atoms with Crippen LogP contribution in [0.1, 0.15) is 36.3 Å². The maximum Gasteiger partial charge on any atom is 0.133 e. The molecule has 2 aromatic rings. The van der Waals surface area contributed by atoms with Crippen LogP contribution >= 0.6 is 0 Å². The number of aryl methyl sites for hydroxylation is 3. The van der Waals surface area contributed by atoms with Gasteiger partial charge in [0, 0.05) is 25.7 Å². The van der Waals surface area contributed by atoms with Gasteiger partial charge in [0.15, 0.2) is 0 Å². The van der Waals surface area contributed by atoms with Crippen LogP contribution in [0.15, 0.2) is 34.9 Å². The van der Waals surface area contributed by atoms with E-state index in [1.165, 1.54) is 5.56 Å². The van der Waals surface area contributed by atoms with Gasteiger partial charge in [0.1, 0.15) is 11.5 Å². The maximum absolute atomic E-state index is 5.65. The van der Waals surface area contributed by atoms with E-state index >= 15 is 0 Å². The van der Waals surface area contributed by atoms with Gasteiger partial charge in [-0.1, -0.05) is 22.9 Å². The van der Waals surface area contributed by atoms with Gasteiger partial charge in [-0.05, 0) is 45.2 Å². The van der Waals surface area contributed by atoms with Crippen LogP contribution in [0.4, 0.5) is 0 Å². The van der Waals surface area contributed by atoms with E-state index in [-0.39, 0.29) is 0 Å². The number of hydrogen-bond donors (Lipinski definition) is 0. The Morgan fingerprint density at radius 1 is 0.955 bits per heavy atom. The van der Waals surface area contributed by atoms with Crippen LogP contribution in [0.5, 0.6) is 5.75 Å². The molecule has 0 spiro atoms. The second-order valence-electron chi connectivity index (χ2n) is 5.51. The summed E-state index contributed by atoms with van der Waals surface area (Å²) in [4.78, 5) is 0. The van der Waals surface area contributed by atoms with Crippen molar-refractivity contribution in [1.82, 2.24) is 5.16 Å². The first-order valence-electron chi connectivity index (χ1n) is 7.93. The monoisotopic (exact) mass is 303 g/mol. The molecule has 1 heterocycles. The number of aromatic nitrogens is 1. The van der Waals surface area contributed by atoms with Gasteiger partial charge in [-0.3, -0.25) is 0 Å². The van der Waals surface area contributed by atoms with Crippen molar-refractivity contribution in [2.45, 2.75) is 39.5 Å². The van der Waals surface area contributed by atoms with Crippen molar-refractivity contribution in [3.05, 3.63) is 47.3 Å². The zero-order chi connectivity index (χ0) is 15.6. The van der Waals surface area contributed by atoms with Crippen molar-refractivity contribution >= 4 is 0 Å². The van der Waals surface area contributed by atoms with Crippen molar-refractivity contribution < 1.29 is 14.0 Å². The molecule has 4 heteroatoms. The molecule has 0 aliphatic heterocycles.